The van der Waals surface area contributed by atoms with E-state index in [1.165, 1.54) is 38.6 Å². The van der Waals surface area contributed by atoms with Crippen LogP contribution in [0.2, 0.25) is 0 Å². The fourth-order valence-electron chi connectivity index (χ4n) is 3.25. The molecular weight excluding hydrogens is 194 g/mol. The standard InChI is InChI=1S/C15H21N/c1-11(15-6-3-9-16-15)13-8-7-12-4-2-5-14(12)10-13/h7-8,10-11,15-16H,2-6,9H2,1H3. The zero-order chi connectivity index (χ0) is 11.0. The molecule has 1 aromatic rings. The minimum Gasteiger partial charge on any atom is -0.313 e. The lowest BCUT2D eigenvalue weighted by Crippen LogP contribution is -2.27. The maximum absolute atomic E-state index is 3.62. The first-order valence-corrected chi connectivity index (χ1v) is 6.69. The van der Waals surface area contributed by atoms with Gasteiger partial charge in [0.2, 0.25) is 0 Å². The molecule has 1 heterocycles. The summed E-state index contributed by atoms with van der Waals surface area (Å²) >= 11 is 0. The molecule has 1 nitrogen and oxygen atoms in total. The number of hydrogen-bond acceptors (Lipinski definition) is 1. The van der Waals surface area contributed by atoms with Crippen LogP contribution in [0.4, 0.5) is 0 Å². The molecule has 0 spiro atoms. The van der Waals surface area contributed by atoms with Crippen LogP contribution in [0, 0.1) is 0 Å². The second-order valence-electron chi connectivity index (χ2n) is 5.37. The van der Waals surface area contributed by atoms with E-state index in [2.05, 4.69) is 30.4 Å². The molecule has 1 N–H and O–H groups in total. The SMILES string of the molecule is CC(c1ccc2c(c1)CCC2)C1CCCN1. The number of fused-ring (bicyclic) bond motifs is 1. The van der Waals surface area contributed by atoms with Crippen molar-refractivity contribution in [2.75, 3.05) is 6.54 Å². The van der Waals surface area contributed by atoms with Crippen molar-refractivity contribution in [2.45, 2.75) is 51.0 Å². The molecule has 1 aromatic carbocycles. The van der Waals surface area contributed by atoms with Crippen LogP contribution in [0.5, 0.6) is 0 Å². The summed E-state index contributed by atoms with van der Waals surface area (Å²) in [6, 6.07) is 7.89. The largest absolute Gasteiger partial charge is 0.313 e. The summed E-state index contributed by atoms with van der Waals surface area (Å²) in [7, 11) is 0. The molecule has 0 radical (unpaired) electrons. The molecule has 0 saturated carbocycles. The Morgan fingerprint density at radius 2 is 2.06 bits per heavy atom. The Bertz CT molecular complexity index is 377. The van der Waals surface area contributed by atoms with Crippen LogP contribution in [-0.4, -0.2) is 12.6 Å². The quantitative estimate of drug-likeness (QED) is 0.799. The van der Waals surface area contributed by atoms with E-state index in [0.29, 0.717) is 12.0 Å². The van der Waals surface area contributed by atoms with Gasteiger partial charge in [-0.25, -0.2) is 0 Å². The Morgan fingerprint density at radius 1 is 1.19 bits per heavy atom. The van der Waals surface area contributed by atoms with Gasteiger partial charge in [0.25, 0.3) is 0 Å². The fraction of sp³-hybridized carbons (Fsp3) is 0.600. The molecule has 1 aliphatic heterocycles. The van der Waals surface area contributed by atoms with E-state index in [0.717, 1.165) is 0 Å². The zero-order valence-electron chi connectivity index (χ0n) is 10.1. The Labute approximate surface area is 98.3 Å². The van der Waals surface area contributed by atoms with Crippen LogP contribution in [0.3, 0.4) is 0 Å². The van der Waals surface area contributed by atoms with Gasteiger partial charge in [0, 0.05) is 6.04 Å². The van der Waals surface area contributed by atoms with E-state index in [9.17, 15) is 0 Å². The van der Waals surface area contributed by atoms with Crippen LogP contribution in [0.1, 0.15) is 48.8 Å². The Hall–Kier alpha value is -0.820. The van der Waals surface area contributed by atoms with E-state index in [-0.39, 0.29) is 0 Å². The van der Waals surface area contributed by atoms with Gasteiger partial charge in [0.15, 0.2) is 0 Å². The minimum atomic E-state index is 0.674. The van der Waals surface area contributed by atoms with Gasteiger partial charge in [0.1, 0.15) is 0 Å². The molecule has 1 heteroatoms. The van der Waals surface area contributed by atoms with Gasteiger partial charge in [-0.05, 0) is 61.3 Å². The van der Waals surface area contributed by atoms with Crippen LogP contribution >= 0.6 is 0 Å². The molecule has 3 rings (SSSR count). The highest BCUT2D eigenvalue weighted by Crippen LogP contribution is 2.29. The summed E-state index contributed by atoms with van der Waals surface area (Å²) < 4.78 is 0. The first-order chi connectivity index (χ1) is 7.84. The van der Waals surface area contributed by atoms with Gasteiger partial charge in [-0.3, -0.25) is 0 Å². The predicted molar refractivity (Wildman–Crippen MR) is 67.9 cm³/mol. The van der Waals surface area contributed by atoms with Crippen LogP contribution in [-0.2, 0) is 12.8 Å². The monoisotopic (exact) mass is 215 g/mol. The summed E-state index contributed by atoms with van der Waals surface area (Å²) in [5.41, 5.74) is 4.75. The molecule has 2 unspecified atom stereocenters. The third kappa shape index (κ3) is 1.78. The Balaban J connectivity index is 1.83. The molecule has 2 atom stereocenters. The van der Waals surface area contributed by atoms with Crippen molar-refractivity contribution in [2.24, 2.45) is 0 Å². The molecule has 86 valence electrons. The molecule has 0 aromatic heterocycles. The third-order valence-electron chi connectivity index (χ3n) is 4.35. The van der Waals surface area contributed by atoms with Gasteiger partial charge in [-0.15, -0.1) is 0 Å². The number of rotatable bonds is 2. The van der Waals surface area contributed by atoms with Gasteiger partial charge < -0.3 is 5.32 Å². The third-order valence-corrected chi connectivity index (χ3v) is 4.35. The van der Waals surface area contributed by atoms with E-state index >= 15 is 0 Å². The molecule has 1 fully saturated rings. The van der Waals surface area contributed by atoms with Crippen molar-refractivity contribution in [1.29, 1.82) is 0 Å². The molecular formula is C15H21N. The van der Waals surface area contributed by atoms with Gasteiger partial charge >= 0.3 is 0 Å². The maximum Gasteiger partial charge on any atom is 0.0134 e. The number of aryl methyl sites for hydroxylation is 2. The average molecular weight is 215 g/mol. The summed E-state index contributed by atoms with van der Waals surface area (Å²) in [5, 5.41) is 3.62. The van der Waals surface area contributed by atoms with E-state index in [1.54, 1.807) is 16.7 Å². The highest BCUT2D eigenvalue weighted by atomic mass is 14.9. The van der Waals surface area contributed by atoms with Crippen molar-refractivity contribution in [3.63, 3.8) is 0 Å². The summed E-state index contributed by atoms with van der Waals surface area (Å²) in [4.78, 5) is 0. The van der Waals surface area contributed by atoms with Crippen LogP contribution in [0.25, 0.3) is 0 Å². The summed E-state index contributed by atoms with van der Waals surface area (Å²) in [5.74, 6) is 0.674. The van der Waals surface area contributed by atoms with Crippen molar-refractivity contribution >= 4 is 0 Å². The smallest absolute Gasteiger partial charge is 0.0134 e. The number of hydrogen-bond donors (Lipinski definition) is 1. The lowest BCUT2D eigenvalue weighted by molar-refractivity contribution is 0.517. The normalized spacial score (nSPS) is 25.7. The van der Waals surface area contributed by atoms with E-state index < -0.39 is 0 Å². The molecule has 1 saturated heterocycles. The molecule has 1 aliphatic carbocycles. The first kappa shape index (κ1) is 10.3. The number of nitrogens with one attached hydrogen (secondary N) is 1. The van der Waals surface area contributed by atoms with Gasteiger partial charge in [-0.1, -0.05) is 25.1 Å². The predicted octanol–water partition coefficient (Wildman–Crippen LogP) is 3.03. The molecule has 16 heavy (non-hydrogen) atoms. The molecule has 2 aliphatic rings. The molecule has 0 bridgehead atoms. The van der Waals surface area contributed by atoms with E-state index in [4.69, 9.17) is 0 Å². The van der Waals surface area contributed by atoms with Crippen LogP contribution < -0.4 is 5.32 Å². The Kier molecular flexibility index (Phi) is 2.72. The summed E-state index contributed by atoms with van der Waals surface area (Å²) in [6.07, 6.45) is 6.65. The van der Waals surface area contributed by atoms with Crippen molar-refractivity contribution < 1.29 is 0 Å². The fourth-order valence-corrected chi connectivity index (χ4v) is 3.25. The van der Waals surface area contributed by atoms with Crippen molar-refractivity contribution in [3.8, 4) is 0 Å². The second kappa shape index (κ2) is 4.21. The molecule has 0 amide bonds. The Morgan fingerprint density at radius 3 is 2.88 bits per heavy atom. The topological polar surface area (TPSA) is 12.0 Å². The minimum absolute atomic E-state index is 0.674. The summed E-state index contributed by atoms with van der Waals surface area (Å²) in [6.45, 7) is 3.58. The average Bonchev–Trinajstić information content (AvgIpc) is 2.98. The van der Waals surface area contributed by atoms with Crippen LogP contribution in [0.15, 0.2) is 18.2 Å². The highest BCUT2D eigenvalue weighted by Gasteiger charge is 2.23. The lowest BCUT2D eigenvalue weighted by atomic mass is 9.90. The number of benzene rings is 1. The van der Waals surface area contributed by atoms with E-state index in [1.807, 2.05) is 0 Å². The van der Waals surface area contributed by atoms with Crippen molar-refractivity contribution in [1.82, 2.24) is 5.32 Å². The second-order valence-corrected chi connectivity index (χ2v) is 5.37. The highest BCUT2D eigenvalue weighted by molar-refractivity contribution is 5.37. The first-order valence-electron chi connectivity index (χ1n) is 6.69. The van der Waals surface area contributed by atoms with Gasteiger partial charge in [0.05, 0.1) is 0 Å². The maximum atomic E-state index is 3.62. The van der Waals surface area contributed by atoms with Crippen molar-refractivity contribution in [3.05, 3.63) is 34.9 Å². The van der Waals surface area contributed by atoms with Gasteiger partial charge in [-0.2, -0.15) is 0 Å². The zero-order valence-corrected chi connectivity index (χ0v) is 10.1. The lowest BCUT2D eigenvalue weighted by Gasteiger charge is -2.20.